The zero-order chi connectivity index (χ0) is 13.3. The lowest BCUT2D eigenvalue weighted by Gasteiger charge is -2.10. The van der Waals surface area contributed by atoms with Gasteiger partial charge in [-0.25, -0.2) is 9.97 Å². The molecule has 1 amide bonds. The van der Waals surface area contributed by atoms with Gasteiger partial charge in [0.1, 0.15) is 0 Å². The molecule has 4 N–H and O–H groups in total. The molecule has 0 aliphatic heterocycles. The van der Waals surface area contributed by atoms with Crippen LogP contribution in [0.4, 0.5) is 5.95 Å². The van der Waals surface area contributed by atoms with Gasteiger partial charge in [-0.2, -0.15) is 0 Å². The Labute approximate surface area is 118 Å². The van der Waals surface area contributed by atoms with Crippen molar-refractivity contribution in [2.75, 3.05) is 5.73 Å². The summed E-state index contributed by atoms with van der Waals surface area (Å²) in [6.07, 6.45) is 0. The topological polar surface area (TPSA) is 94.9 Å². The minimum atomic E-state index is -0.554. The molecule has 0 spiro atoms. The second-order valence-corrected chi connectivity index (χ2v) is 4.90. The summed E-state index contributed by atoms with van der Waals surface area (Å²) in [5.74, 6) is -0.422. The van der Waals surface area contributed by atoms with Gasteiger partial charge in [-0.05, 0) is 35.6 Å². The number of nitrogens with zero attached hydrogens (tertiary/aromatic N) is 2. The Kier molecular flexibility index (Phi) is 3.46. The maximum atomic E-state index is 11.5. The molecule has 0 aliphatic rings. The quantitative estimate of drug-likeness (QED) is 0.803. The second-order valence-electron chi connectivity index (χ2n) is 3.73. The summed E-state index contributed by atoms with van der Waals surface area (Å²) < 4.78 is 0.968. The van der Waals surface area contributed by atoms with Gasteiger partial charge in [0.25, 0.3) is 5.91 Å². The molecule has 0 bridgehead atoms. The first-order valence-corrected chi connectivity index (χ1v) is 6.27. The maximum Gasteiger partial charge on any atom is 0.252 e. The predicted molar refractivity (Wildman–Crippen MR) is 77.9 cm³/mol. The highest BCUT2D eigenvalue weighted by Crippen LogP contribution is 2.28. The summed E-state index contributed by atoms with van der Waals surface area (Å²) >= 11 is 2.17. The van der Waals surface area contributed by atoms with E-state index in [4.69, 9.17) is 11.5 Å². The number of carbonyl (C=O) groups excluding carboxylic acids is 1. The molecule has 0 fully saturated rings. The van der Waals surface area contributed by atoms with Crippen LogP contribution >= 0.6 is 22.6 Å². The third-order valence-electron chi connectivity index (χ3n) is 2.48. The van der Waals surface area contributed by atoms with Crippen LogP contribution < -0.4 is 11.5 Å². The molecule has 6 heteroatoms. The molecule has 2 rings (SSSR count). The molecule has 0 radical (unpaired) electrons. The van der Waals surface area contributed by atoms with Gasteiger partial charge in [-0.1, -0.05) is 18.2 Å². The van der Waals surface area contributed by atoms with E-state index in [0.29, 0.717) is 17.0 Å². The van der Waals surface area contributed by atoms with Gasteiger partial charge in [0.2, 0.25) is 5.95 Å². The maximum absolute atomic E-state index is 11.5. The number of rotatable bonds is 2. The zero-order valence-electron chi connectivity index (χ0n) is 9.64. The number of aromatic nitrogens is 2. The van der Waals surface area contributed by atoms with Gasteiger partial charge in [0.05, 0.1) is 17.0 Å². The lowest BCUT2D eigenvalue weighted by Crippen LogP contribution is -2.17. The van der Waals surface area contributed by atoms with E-state index < -0.39 is 5.91 Å². The number of nitrogens with two attached hydrogens (primary N) is 2. The normalized spacial score (nSPS) is 10.3. The molecule has 0 saturated carbocycles. The van der Waals surface area contributed by atoms with Crippen LogP contribution in [0.3, 0.4) is 0 Å². The van der Waals surface area contributed by atoms with Gasteiger partial charge in [-0.3, -0.25) is 4.79 Å². The number of hydrogen-bond donors (Lipinski definition) is 2. The molecule has 2 aromatic rings. The van der Waals surface area contributed by atoms with Gasteiger partial charge in [0, 0.05) is 9.13 Å². The Balaban J connectivity index is 2.78. The minimum Gasteiger partial charge on any atom is -0.368 e. The minimum absolute atomic E-state index is 0.132. The number of nitrogen functional groups attached to an aromatic ring is 1. The molecule has 0 aliphatic carbocycles. The molecule has 18 heavy (non-hydrogen) atoms. The van der Waals surface area contributed by atoms with E-state index in [0.717, 1.165) is 9.13 Å². The molecular formula is C12H11IN4O. The summed E-state index contributed by atoms with van der Waals surface area (Å²) in [5.41, 5.74) is 13.1. The zero-order valence-corrected chi connectivity index (χ0v) is 11.8. The first-order chi connectivity index (χ1) is 8.50. The van der Waals surface area contributed by atoms with Crippen molar-refractivity contribution in [1.82, 2.24) is 9.97 Å². The Bertz CT molecular complexity index is 627. The fourth-order valence-electron chi connectivity index (χ4n) is 1.74. The third-order valence-corrected chi connectivity index (χ3v) is 3.42. The van der Waals surface area contributed by atoms with Crippen LogP contribution in [0, 0.1) is 10.5 Å². The van der Waals surface area contributed by atoms with Crippen LogP contribution in [-0.4, -0.2) is 15.9 Å². The molecule has 1 heterocycles. The van der Waals surface area contributed by atoms with Crippen LogP contribution in [0.25, 0.3) is 11.3 Å². The monoisotopic (exact) mass is 354 g/mol. The highest BCUT2D eigenvalue weighted by atomic mass is 127. The first-order valence-electron chi connectivity index (χ1n) is 5.19. The summed E-state index contributed by atoms with van der Waals surface area (Å²) in [5, 5.41) is 0. The number of halogens is 1. The van der Waals surface area contributed by atoms with E-state index in [1.54, 1.807) is 6.92 Å². The number of carbonyl (C=O) groups is 1. The number of benzene rings is 1. The van der Waals surface area contributed by atoms with Gasteiger partial charge in [-0.15, -0.1) is 0 Å². The van der Waals surface area contributed by atoms with E-state index in [9.17, 15) is 4.79 Å². The number of primary amides is 1. The van der Waals surface area contributed by atoms with Crippen molar-refractivity contribution >= 4 is 34.4 Å². The summed E-state index contributed by atoms with van der Waals surface area (Å²) in [4.78, 5) is 19.7. The summed E-state index contributed by atoms with van der Waals surface area (Å²) in [6.45, 7) is 1.69. The smallest absolute Gasteiger partial charge is 0.252 e. The van der Waals surface area contributed by atoms with Crippen molar-refractivity contribution in [2.45, 2.75) is 6.92 Å². The Hall–Kier alpha value is -1.70. The van der Waals surface area contributed by atoms with E-state index in [1.807, 2.05) is 24.3 Å². The lowest BCUT2D eigenvalue weighted by atomic mass is 10.0. The highest BCUT2D eigenvalue weighted by Gasteiger charge is 2.18. The van der Waals surface area contributed by atoms with Crippen LogP contribution in [0.5, 0.6) is 0 Å². The average Bonchev–Trinajstić information content (AvgIpc) is 2.27. The van der Waals surface area contributed by atoms with E-state index >= 15 is 0 Å². The van der Waals surface area contributed by atoms with Gasteiger partial charge >= 0.3 is 0 Å². The number of hydrogen-bond acceptors (Lipinski definition) is 4. The van der Waals surface area contributed by atoms with Crippen LogP contribution in [0.1, 0.15) is 16.1 Å². The van der Waals surface area contributed by atoms with Crippen LogP contribution in [-0.2, 0) is 0 Å². The van der Waals surface area contributed by atoms with Crippen molar-refractivity contribution < 1.29 is 4.79 Å². The van der Waals surface area contributed by atoms with E-state index in [2.05, 4.69) is 32.6 Å². The van der Waals surface area contributed by atoms with Crippen LogP contribution in [0.2, 0.25) is 0 Å². The Morgan fingerprint density at radius 3 is 2.56 bits per heavy atom. The SMILES string of the molecule is Cc1nc(N)nc(-c2ccccc2I)c1C(N)=O. The summed E-state index contributed by atoms with van der Waals surface area (Å²) in [7, 11) is 0. The fourth-order valence-corrected chi connectivity index (χ4v) is 2.38. The van der Waals surface area contributed by atoms with Crippen molar-refractivity contribution in [3.63, 3.8) is 0 Å². The standard InChI is InChI=1S/C12H11IN4O/c1-6-9(11(14)18)10(17-12(15)16-6)7-4-2-3-5-8(7)13/h2-5H,1H3,(H2,14,18)(H2,15,16,17). The average molecular weight is 354 g/mol. The molecule has 1 aromatic heterocycles. The molecule has 5 nitrogen and oxygen atoms in total. The number of anilines is 1. The fraction of sp³-hybridized carbons (Fsp3) is 0.0833. The van der Waals surface area contributed by atoms with Crippen molar-refractivity contribution in [3.05, 3.63) is 39.1 Å². The Morgan fingerprint density at radius 2 is 1.94 bits per heavy atom. The van der Waals surface area contributed by atoms with Crippen molar-refractivity contribution in [3.8, 4) is 11.3 Å². The van der Waals surface area contributed by atoms with E-state index in [1.165, 1.54) is 0 Å². The molecule has 1 aromatic carbocycles. The molecule has 0 atom stereocenters. The predicted octanol–water partition coefficient (Wildman–Crippen LogP) is 1.74. The lowest BCUT2D eigenvalue weighted by molar-refractivity contribution is 0.0999. The number of aryl methyl sites for hydroxylation is 1. The van der Waals surface area contributed by atoms with E-state index in [-0.39, 0.29) is 5.95 Å². The second kappa shape index (κ2) is 4.89. The third kappa shape index (κ3) is 2.28. The highest BCUT2D eigenvalue weighted by molar-refractivity contribution is 14.1. The first kappa shape index (κ1) is 12.7. The molecular weight excluding hydrogens is 343 g/mol. The number of amides is 1. The Morgan fingerprint density at radius 1 is 1.28 bits per heavy atom. The molecule has 0 unspecified atom stereocenters. The summed E-state index contributed by atoms with van der Waals surface area (Å²) in [6, 6.07) is 7.58. The van der Waals surface area contributed by atoms with Gasteiger partial charge in [0.15, 0.2) is 0 Å². The molecule has 0 saturated heterocycles. The van der Waals surface area contributed by atoms with Crippen molar-refractivity contribution in [1.29, 1.82) is 0 Å². The largest absolute Gasteiger partial charge is 0.368 e. The van der Waals surface area contributed by atoms with Crippen molar-refractivity contribution in [2.24, 2.45) is 5.73 Å². The van der Waals surface area contributed by atoms with Crippen LogP contribution in [0.15, 0.2) is 24.3 Å². The molecule has 92 valence electrons. The van der Waals surface area contributed by atoms with Gasteiger partial charge < -0.3 is 11.5 Å².